The molecule has 0 bridgehead atoms. The van der Waals surface area contributed by atoms with Crippen molar-refractivity contribution in [3.63, 3.8) is 0 Å². The minimum atomic E-state index is 0.134. The average molecular weight is 275 g/mol. The van der Waals surface area contributed by atoms with Gasteiger partial charge in [-0.15, -0.1) is 0 Å². The molecule has 0 aromatic heterocycles. The molecule has 0 unspecified atom stereocenters. The number of quaternary nitrogens is 1. The van der Waals surface area contributed by atoms with Crippen molar-refractivity contribution in [2.45, 2.75) is 64.1 Å². The van der Waals surface area contributed by atoms with E-state index in [1.54, 1.807) is 0 Å². The summed E-state index contributed by atoms with van der Waals surface area (Å²) in [4.78, 5) is 12.2. The lowest BCUT2D eigenvalue weighted by Crippen LogP contribution is -3.06. The predicted molar refractivity (Wildman–Crippen MR) is 81.4 cm³/mol. The lowest BCUT2D eigenvalue weighted by molar-refractivity contribution is -0.787. The molecular formula is C17H27N2O+. The Bertz CT molecular complexity index is 449. The second-order valence-electron chi connectivity index (χ2n) is 7.46. The Morgan fingerprint density at radius 2 is 1.70 bits per heavy atom. The van der Waals surface area contributed by atoms with Crippen molar-refractivity contribution in [2.75, 3.05) is 0 Å². The third-order valence-electron chi connectivity index (χ3n) is 3.90. The first kappa shape index (κ1) is 15.0. The maximum atomic E-state index is 12.2. The van der Waals surface area contributed by atoms with Gasteiger partial charge in [0.25, 0.3) is 0 Å². The smallest absolute Gasteiger partial charge is 0.224 e. The molecule has 110 valence electrons. The quantitative estimate of drug-likeness (QED) is 0.865. The van der Waals surface area contributed by atoms with Gasteiger partial charge in [0.15, 0.2) is 0 Å². The van der Waals surface area contributed by atoms with Crippen molar-refractivity contribution >= 4 is 5.91 Å². The molecule has 0 aliphatic carbocycles. The van der Waals surface area contributed by atoms with E-state index in [2.05, 4.69) is 38.3 Å². The zero-order valence-corrected chi connectivity index (χ0v) is 13.1. The number of hydrogen-bond donors (Lipinski definition) is 2. The molecule has 1 aliphatic rings. The van der Waals surface area contributed by atoms with Crippen LogP contribution in [0, 0.1) is 0 Å². The summed E-state index contributed by atoms with van der Waals surface area (Å²) in [5, 5.41) is 5.65. The van der Waals surface area contributed by atoms with E-state index in [0.717, 1.165) is 18.4 Å². The zero-order valence-electron chi connectivity index (χ0n) is 13.1. The summed E-state index contributed by atoms with van der Waals surface area (Å²) in [5.74, 6) is 0.134. The van der Waals surface area contributed by atoms with Gasteiger partial charge < -0.3 is 10.6 Å². The van der Waals surface area contributed by atoms with Crippen molar-refractivity contribution in [3.8, 4) is 0 Å². The first-order chi connectivity index (χ1) is 9.26. The van der Waals surface area contributed by atoms with Crippen LogP contribution in [-0.2, 0) is 11.2 Å². The molecule has 0 atom stereocenters. The fourth-order valence-electron chi connectivity index (χ4n) is 3.68. The van der Waals surface area contributed by atoms with Gasteiger partial charge in [0.1, 0.15) is 0 Å². The lowest BCUT2D eigenvalue weighted by atomic mass is 9.79. The van der Waals surface area contributed by atoms with Crippen molar-refractivity contribution in [1.82, 2.24) is 5.32 Å². The maximum absolute atomic E-state index is 12.2. The van der Waals surface area contributed by atoms with Crippen LogP contribution >= 0.6 is 0 Å². The van der Waals surface area contributed by atoms with Crippen LogP contribution in [0.2, 0.25) is 0 Å². The van der Waals surface area contributed by atoms with Crippen molar-refractivity contribution < 1.29 is 10.1 Å². The number of piperidine rings is 1. The summed E-state index contributed by atoms with van der Waals surface area (Å²) in [7, 11) is 0. The zero-order chi connectivity index (χ0) is 14.8. The van der Waals surface area contributed by atoms with E-state index in [-0.39, 0.29) is 23.0 Å². The number of carbonyl (C=O) groups is 1. The van der Waals surface area contributed by atoms with E-state index in [9.17, 15) is 4.79 Å². The molecule has 3 N–H and O–H groups in total. The van der Waals surface area contributed by atoms with Gasteiger partial charge in [-0.2, -0.15) is 0 Å². The summed E-state index contributed by atoms with van der Waals surface area (Å²) < 4.78 is 0. The van der Waals surface area contributed by atoms with Gasteiger partial charge >= 0.3 is 0 Å². The molecule has 1 aliphatic heterocycles. The molecule has 0 spiro atoms. The fourth-order valence-corrected chi connectivity index (χ4v) is 3.68. The molecular weight excluding hydrogens is 248 g/mol. The highest BCUT2D eigenvalue weighted by atomic mass is 16.1. The summed E-state index contributed by atoms with van der Waals surface area (Å²) >= 11 is 0. The molecule has 1 saturated heterocycles. The van der Waals surface area contributed by atoms with Gasteiger partial charge in [0.05, 0.1) is 17.5 Å². The summed E-state index contributed by atoms with van der Waals surface area (Å²) in [6.45, 7) is 9.02. The molecule has 2 rings (SSSR count). The summed E-state index contributed by atoms with van der Waals surface area (Å²) in [6.07, 6.45) is 2.52. The standard InChI is InChI=1S/C17H26N2O/c1-16(2)11-14(12-17(3,4)19-16)18-15(20)10-13-8-6-5-7-9-13/h5-9,14,19H,10-12H2,1-4H3,(H,18,20)/p+1. The van der Waals surface area contributed by atoms with E-state index >= 15 is 0 Å². The highest BCUT2D eigenvalue weighted by molar-refractivity contribution is 5.78. The minimum absolute atomic E-state index is 0.134. The second kappa shape index (κ2) is 5.57. The van der Waals surface area contributed by atoms with Gasteiger partial charge in [0, 0.05) is 18.9 Å². The molecule has 1 amide bonds. The number of nitrogens with one attached hydrogen (secondary N) is 1. The van der Waals surface area contributed by atoms with Crippen LogP contribution in [0.4, 0.5) is 0 Å². The van der Waals surface area contributed by atoms with Crippen LogP contribution in [0.25, 0.3) is 0 Å². The molecule has 0 radical (unpaired) electrons. The van der Waals surface area contributed by atoms with Crippen molar-refractivity contribution in [2.24, 2.45) is 0 Å². The Morgan fingerprint density at radius 1 is 1.15 bits per heavy atom. The number of rotatable bonds is 3. The monoisotopic (exact) mass is 275 g/mol. The fraction of sp³-hybridized carbons (Fsp3) is 0.588. The van der Waals surface area contributed by atoms with E-state index in [1.165, 1.54) is 0 Å². The van der Waals surface area contributed by atoms with E-state index in [0.29, 0.717) is 6.42 Å². The Hall–Kier alpha value is -1.35. The predicted octanol–water partition coefficient (Wildman–Crippen LogP) is 1.63. The molecule has 0 saturated carbocycles. The molecule has 20 heavy (non-hydrogen) atoms. The third kappa shape index (κ3) is 4.34. The minimum Gasteiger partial charge on any atom is -0.353 e. The first-order valence-electron chi connectivity index (χ1n) is 7.46. The van der Waals surface area contributed by atoms with E-state index < -0.39 is 0 Å². The molecule has 1 aromatic carbocycles. The third-order valence-corrected chi connectivity index (χ3v) is 3.90. The Kier molecular flexibility index (Phi) is 4.19. The number of nitrogens with two attached hydrogens (primary N) is 1. The van der Waals surface area contributed by atoms with Crippen LogP contribution in [0.15, 0.2) is 30.3 Å². The molecule has 1 aromatic rings. The van der Waals surface area contributed by atoms with Crippen molar-refractivity contribution in [1.29, 1.82) is 0 Å². The van der Waals surface area contributed by atoms with Gasteiger partial charge in [-0.3, -0.25) is 4.79 Å². The maximum Gasteiger partial charge on any atom is 0.224 e. The molecule has 3 heteroatoms. The Balaban J connectivity index is 1.94. The number of benzene rings is 1. The highest BCUT2D eigenvalue weighted by Crippen LogP contribution is 2.21. The largest absolute Gasteiger partial charge is 0.353 e. The van der Waals surface area contributed by atoms with Crippen LogP contribution in [0.1, 0.15) is 46.1 Å². The first-order valence-corrected chi connectivity index (χ1v) is 7.46. The number of hydrogen-bond acceptors (Lipinski definition) is 1. The SMILES string of the molecule is CC1(C)CC(NC(=O)Cc2ccccc2)CC(C)(C)[NH2+]1. The topological polar surface area (TPSA) is 45.7 Å². The Morgan fingerprint density at radius 3 is 2.25 bits per heavy atom. The summed E-state index contributed by atoms with van der Waals surface area (Å²) in [5.41, 5.74) is 1.45. The summed E-state index contributed by atoms with van der Waals surface area (Å²) in [6, 6.07) is 10.2. The lowest BCUT2D eigenvalue weighted by Gasteiger charge is -2.43. The van der Waals surface area contributed by atoms with E-state index in [1.807, 2.05) is 30.3 Å². The normalized spacial score (nSPS) is 21.4. The van der Waals surface area contributed by atoms with Gasteiger partial charge in [-0.1, -0.05) is 30.3 Å². The Labute approximate surface area is 122 Å². The van der Waals surface area contributed by atoms with Crippen molar-refractivity contribution in [3.05, 3.63) is 35.9 Å². The van der Waals surface area contributed by atoms with Crippen LogP contribution < -0.4 is 10.6 Å². The number of amides is 1. The molecule has 1 heterocycles. The molecule has 1 fully saturated rings. The van der Waals surface area contributed by atoms with Gasteiger partial charge in [0.2, 0.25) is 5.91 Å². The van der Waals surface area contributed by atoms with Crippen LogP contribution in [0.5, 0.6) is 0 Å². The second-order valence-corrected chi connectivity index (χ2v) is 7.46. The van der Waals surface area contributed by atoms with Crippen LogP contribution in [0.3, 0.4) is 0 Å². The average Bonchev–Trinajstić information content (AvgIpc) is 2.25. The molecule has 3 nitrogen and oxygen atoms in total. The van der Waals surface area contributed by atoms with E-state index in [4.69, 9.17) is 0 Å². The number of carbonyl (C=O) groups excluding carboxylic acids is 1. The van der Waals surface area contributed by atoms with Gasteiger partial charge in [-0.25, -0.2) is 0 Å². The van der Waals surface area contributed by atoms with Gasteiger partial charge in [-0.05, 0) is 33.3 Å². The highest BCUT2D eigenvalue weighted by Gasteiger charge is 2.41. The van der Waals surface area contributed by atoms with Crippen LogP contribution in [-0.4, -0.2) is 23.0 Å².